The Morgan fingerprint density at radius 2 is 1.59 bits per heavy atom. The topological polar surface area (TPSA) is 92.4 Å². The number of carboxylic acid groups (broad SMARTS) is 1. The predicted molar refractivity (Wildman–Crippen MR) is 106 cm³/mol. The average molecular weight is 362 g/mol. The van der Waals surface area contributed by atoms with E-state index in [1.165, 1.54) is 16.3 Å². The number of amides is 1. The van der Waals surface area contributed by atoms with Gasteiger partial charge < -0.3 is 16.2 Å². The van der Waals surface area contributed by atoms with Crippen molar-refractivity contribution in [2.24, 2.45) is 5.73 Å². The fraction of sp³-hybridized carbons (Fsp3) is 0.182. The van der Waals surface area contributed by atoms with Gasteiger partial charge in [0.15, 0.2) is 0 Å². The van der Waals surface area contributed by atoms with Gasteiger partial charge in [-0.3, -0.25) is 9.59 Å². The molecular formula is C22H22N2O3. The Morgan fingerprint density at radius 1 is 0.926 bits per heavy atom. The van der Waals surface area contributed by atoms with E-state index in [1.807, 2.05) is 12.1 Å². The van der Waals surface area contributed by atoms with Crippen molar-refractivity contribution in [3.05, 3.63) is 83.4 Å². The van der Waals surface area contributed by atoms with Crippen molar-refractivity contribution in [2.45, 2.75) is 18.9 Å². The van der Waals surface area contributed by atoms with Crippen LogP contribution in [0.2, 0.25) is 0 Å². The van der Waals surface area contributed by atoms with Crippen molar-refractivity contribution in [3.63, 3.8) is 0 Å². The zero-order chi connectivity index (χ0) is 19.2. The largest absolute Gasteiger partial charge is 0.480 e. The summed E-state index contributed by atoms with van der Waals surface area (Å²) in [4.78, 5) is 23.1. The summed E-state index contributed by atoms with van der Waals surface area (Å²) in [5.41, 5.74) is 8.03. The summed E-state index contributed by atoms with van der Waals surface area (Å²) in [6, 6.07) is 20.4. The lowest BCUT2D eigenvalue weighted by atomic mass is 10.0. The summed E-state index contributed by atoms with van der Waals surface area (Å²) in [5.74, 6) is -1.18. The molecule has 4 N–H and O–H groups in total. The second-order valence-electron chi connectivity index (χ2n) is 6.53. The molecule has 0 radical (unpaired) electrons. The summed E-state index contributed by atoms with van der Waals surface area (Å²) in [6.07, 6.45) is 0.987. The zero-order valence-corrected chi connectivity index (χ0v) is 14.9. The van der Waals surface area contributed by atoms with E-state index in [2.05, 4.69) is 35.6 Å². The second-order valence-corrected chi connectivity index (χ2v) is 6.53. The first-order valence-corrected chi connectivity index (χ1v) is 8.86. The smallest absolute Gasteiger partial charge is 0.320 e. The molecule has 0 spiro atoms. The molecule has 5 nitrogen and oxygen atoms in total. The van der Waals surface area contributed by atoms with Crippen molar-refractivity contribution < 1.29 is 14.7 Å². The van der Waals surface area contributed by atoms with Crippen molar-refractivity contribution in [1.29, 1.82) is 0 Å². The predicted octanol–water partition coefficient (Wildman–Crippen LogP) is 2.77. The van der Waals surface area contributed by atoms with Crippen LogP contribution in [0.4, 0.5) is 0 Å². The van der Waals surface area contributed by atoms with Crippen LogP contribution in [0.25, 0.3) is 10.8 Å². The van der Waals surface area contributed by atoms with Gasteiger partial charge in [-0.15, -0.1) is 0 Å². The highest BCUT2D eigenvalue weighted by Crippen LogP contribution is 2.15. The highest BCUT2D eigenvalue weighted by atomic mass is 16.4. The van der Waals surface area contributed by atoms with Crippen LogP contribution in [0.5, 0.6) is 0 Å². The SMILES string of the molecule is N[C@@H](Cc1ccc(C(=O)NCCc2ccc3ccccc3c2)cc1)C(=O)O. The van der Waals surface area contributed by atoms with Gasteiger partial charge in [0.2, 0.25) is 0 Å². The van der Waals surface area contributed by atoms with E-state index in [0.29, 0.717) is 12.1 Å². The van der Waals surface area contributed by atoms with Crippen LogP contribution in [0.1, 0.15) is 21.5 Å². The maximum Gasteiger partial charge on any atom is 0.320 e. The number of rotatable bonds is 7. The van der Waals surface area contributed by atoms with Crippen LogP contribution in [-0.4, -0.2) is 29.6 Å². The number of fused-ring (bicyclic) bond motifs is 1. The number of aliphatic carboxylic acids is 1. The van der Waals surface area contributed by atoms with Crippen LogP contribution in [0.15, 0.2) is 66.7 Å². The third kappa shape index (κ3) is 4.92. The number of carboxylic acids is 1. The number of carbonyl (C=O) groups excluding carboxylic acids is 1. The van der Waals surface area contributed by atoms with Crippen molar-refractivity contribution in [1.82, 2.24) is 5.32 Å². The van der Waals surface area contributed by atoms with Gasteiger partial charge in [0.25, 0.3) is 5.91 Å². The molecule has 1 atom stereocenters. The maximum absolute atomic E-state index is 12.3. The molecule has 0 aliphatic carbocycles. The van der Waals surface area contributed by atoms with Gasteiger partial charge in [-0.2, -0.15) is 0 Å². The molecular weight excluding hydrogens is 340 g/mol. The number of carbonyl (C=O) groups is 2. The standard InChI is InChI=1S/C22H22N2O3/c23-20(22(26)27)14-15-6-9-18(10-7-15)21(25)24-12-11-16-5-8-17-3-1-2-4-19(17)13-16/h1-10,13,20H,11-12,14,23H2,(H,24,25)(H,26,27)/t20-/m0/s1. The number of nitrogens with one attached hydrogen (secondary N) is 1. The van der Waals surface area contributed by atoms with E-state index in [9.17, 15) is 9.59 Å². The summed E-state index contributed by atoms with van der Waals surface area (Å²) < 4.78 is 0. The quantitative estimate of drug-likeness (QED) is 0.603. The third-order valence-electron chi connectivity index (χ3n) is 4.50. The lowest BCUT2D eigenvalue weighted by molar-refractivity contribution is -0.138. The summed E-state index contributed by atoms with van der Waals surface area (Å²) in [6.45, 7) is 0.544. The van der Waals surface area contributed by atoms with E-state index in [1.54, 1.807) is 24.3 Å². The van der Waals surface area contributed by atoms with Crippen LogP contribution in [0.3, 0.4) is 0 Å². The molecule has 1 amide bonds. The van der Waals surface area contributed by atoms with E-state index in [4.69, 9.17) is 10.8 Å². The highest BCUT2D eigenvalue weighted by Gasteiger charge is 2.12. The molecule has 138 valence electrons. The molecule has 0 bridgehead atoms. The van der Waals surface area contributed by atoms with E-state index < -0.39 is 12.0 Å². The number of hydrogen-bond acceptors (Lipinski definition) is 3. The normalized spacial score (nSPS) is 11.9. The molecule has 3 aromatic carbocycles. The fourth-order valence-corrected chi connectivity index (χ4v) is 2.95. The Hall–Kier alpha value is -3.18. The molecule has 0 fully saturated rings. The number of nitrogens with two attached hydrogens (primary N) is 1. The van der Waals surface area contributed by atoms with Crippen LogP contribution < -0.4 is 11.1 Å². The van der Waals surface area contributed by atoms with Crippen LogP contribution >= 0.6 is 0 Å². The van der Waals surface area contributed by atoms with Gasteiger partial charge in [-0.25, -0.2) is 0 Å². The number of hydrogen-bond donors (Lipinski definition) is 3. The minimum Gasteiger partial charge on any atom is -0.480 e. The molecule has 3 aromatic rings. The lowest BCUT2D eigenvalue weighted by Crippen LogP contribution is -2.32. The van der Waals surface area contributed by atoms with Crippen LogP contribution in [-0.2, 0) is 17.6 Å². The number of benzene rings is 3. The molecule has 0 aromatic heterocycles. The molecule has 0 aliphatic rings. The van der Waals surface area contributed by atoms with Crippen LogP contribution in [0, 0.1) is 0 Å². The summed E-state index contributed by atoms with van der Waals surface area (Å²) in [5, 5.41) is 14.2. The lowest BCUT2D eigenvalue weighted by Gasteiger charge is -2.09. The molecule has 0 aliphatic heterocycles. The zero-order valence-electron chi connectivity index (χ0n) is 14.9. The van der Waals surface area contributed by atoms with Gasteiger partial charge >= 0.3 is 5.97 Å². The molecule has 0 unspecified atom stereocenters. The van der Waals surface area contributed by atoms with Crippen molar-refractivity contribution in [2.75, 3.05) is 6.54 Å². The monoisotopic (exact) mass is 362 g/mol. The Morgan fingerprint density at radius 3 is 2.30 bits per heavy atom. The first kappa shape index (κ1) is 18.6. The minimum atomic E-state index is -1.04. The first-order chi connectivity index (χ1) is 13.0. The summed E-state index contributed by atoms with van der Waals surface area (Å²) >= 11 is 0. The van der Waals surface area contributed by atoms with E-state index in [-0.39, 0.29) is 12.3 Å². The highest BCUT2D eigenvalue weighted by molar-refractivity contribution is 5.94. The second kappa shape index (κ2) is 8.47. The first-order valence-electron chi connectivity index (χ1n) is 8.86. The molecule has 0 saturated heterocycles. The Labute approximate surface area is 157 Å². The molecule has 3 rings (SSSR count). The van der Waals surface area contributed by atoms with E-state index in [0.717, 1.165) is 12.0 Å². The summed E-state index contributed by atoms with van der Waals surface area (Å²) in [7, 11) is 0. The van der Waals surface area contributed by atoms with Gasteiger partial charge in [0.05, 0.1) is 0 Å². The van der Waals surface area contributed by atoms with E-state index >= 15 is 0 Å². The maximum atomic E-state index is 12.3. The Bertz CT molecular complexity index is 951. The average Bonchev–Trinajstić information content (AvgIpc) is 2.68. The van der Waals surface area contributed by atoms with Gasteiger partial charge in [0, 0.05) is 12.1 Å². The van der Waals surface area contributed by atoms with Crippen molar-refractivity contribution in [3.8, 4) is 0 Å². The fourth-order valence-electron chi connectivity index (χ4n) is 2.95. The minimum absolute atomic E-state index is 0.148. The molecule has 27 heavy (non-hydrogen) atoms. The Balaban J connectivity index is 1.53. The Kier molecular flexibility index (Phi) is 5.84. The molecule has 0 heterocycles. The van der Waals surface area contributed by atoms with Crippen molar-refractivity contribution >= 4 is 22.6 Å². The van der Waals surface area contributed by atoms with Gasteiger partial charge in [0.1, 0.15) is 6.04 Å². The third-order valence-corrected chi connectivity index (χ3v) is 4.50. The van der Waals surface area contributed by atoms with Gasteiger partial charge in [-0.1, -0.05) is 54.6 Å². The molecule has 5 heteroatoms. The molecule has 0 saturated carbocycles. The van der Waals surface area contributed by atoms with Gasteiger partial charge in [-0.05, 0) is 46.9 Å².